The van der Waals surface area contributed by atoms with Crippen molar-refractivity contribution in [3.8, 4) is 0 Å². The molecule has 5 atom stereocenters. The van der Waals surface area contributed by atoms with Crippen molar-refractivity contribution in [3.05, 3.63) is 138 Å². The van der Waals surface area contributed by atoms with Gasteiger partial charge in [-0.05, 0) is 35.7 Å². The number of nitrogens with one attached hydrogen (secondary N) is 1. The molecule has 1 aliphatic rings. The fraction of sp³-hybridized carbons (Fsp3) is 0.314. The first-order valence-electron chi connectivity index (χ1n) is 14.5. The van der Waals surface area contributed by atoms with Crippen LogP contribution in [0, 0.1) is 6.92 Å². The minimum atomic E-state index is -4.11. The van der Waals surface area contributed by atoms with Crippen molar-refractivity contribution < 1.29 is 28.1 Å². The van der Waals surface area contributed by atoms with Gasteiger partial charge in [0, 0.05) is 6.04 Å². The molecule has 1 saturated heterocycles. The normalized spacial score (nSPS) is 22.9. The average Bonchev–Trinajstić information content (AvgIpc) is 3.01. The van der Waals surface area contributed by atoms with Gasteiger partial charge in [-0.15, -0.1) is 0 Å². The fourth-order valence-electron chi connectivity index (χ4n) is 5.87. The molecule has 1 heterocycles. The van der Waals surface area contributed by atoms with Gasteiger partial charge in [0.05, 0.1) is 17.5 Å². The van der Waals surface area contributed by atoms with Crippen molar-refractivity contribution in [3.63, 3.8) is 0 Å². The molecule has 0 saturated carbocycles. The first-order valence-corrected chi connectivity index (χ1v) is 16.1. The van der Waals surface area contributed by atoms with Crippen LogP contribution in [0.25, 0.3) is 0 Å². The molecule has 226 valence electrons. The van der Waals surface area contributed by atoms with Crippen molar-refractivity contribution in [2.75, 3.05) is 6.61 Å². The van der Waals surface area contributed by atoms with Crippen LogP contribution in [0.4, 0.5) is 0 Å². The van der Waals surface area contributed by atoms with Gasteiger partial charge in [-0.3, -0.25) is 0 Å². The monoisotopic (exact) mass is 601 g/mol. The molecule has 0 bridgehead atoms. The van der Waals surface area contributed by atoms with Gasteiger partial charge < -0.3 is 25.0 Å². The van der Waals surface area contributed by atoms with E-state index in [0.717, 1.165) is 22.3 Å². The van der Waals surface area contributed by atoms with Gasteiger partial charge in [0.25, 0.3) is 0 Å². The Balaban J connectivity index is 1.56. The molecule has 4 aromatic carbocycles. The first kappa shape index (κ1) is 31.1. The Morgan fingerprint density at radius 3 is 1.70 bits per heavy atom. The lowest BCUT2D eigenvalue weighted by Crippen LogP contribution is -2.66. The van der Waals surface area contributed by atoms with Gasteiger partial charge in [-0.25, -0.2) is 8.42 Å². The van der Waals surface area contributed by atoms with Gasteiger partial charge in [-0.2, -0.15) is 0 Å². The second-order valence-corrected chi connectivity index (χ2v) is 13.4. The third-order valence-corrected chi connectivity index (χ3v) is 10.1. The largest absolute Gasteiger partial charge is 0.389 e. The smallest absolute Gasteiger partial charge is 0.185 e. The average molecular weight is 602 g/mol. The summed E-state index contributed by atoms with van der Waals surface area (Å²) >= 11 is 0. The Bertz CT molecular complexity index is 1470. The van der Waals surface area contributed by atoms with Gasteiger partial charge in [0.15, 0.2) is 16.1 Å². The molecule has 1 aliphatic heterocycles. The van der Waals surface area contributed by atoms with Crippen molar-refractivity contribution in [1.82, 2.24) is 5.32 Å². The van der Waals surface area contributed by atoms with Gasteiger partial charge >= 0.3 is 0 Å². The zero-order valence-electron chi connectivity index (χ0n) is 24.6. The predicted octanol–water partition coefficient (Wildman–Crippen LogP) is 4.59. The summed E-state index contributed by atoms with van der Waals surface area (Å²) < 4.78 is 40.9. The molecule has 8 heteroatoms. The topological polar surface area (TPSA) is 105 Å². The molecule has 0 amide bonds. The molecule has 0 radical (unpaired) electrons. The highest BCUT2D eigenvalue weighted by atomic mass is 32.2. The maximum Gasteiger partial charge on any atom is 0.185 e. The Hall–Kier alpha value is -3.37. The van der Waals surface area contributed by atoms with Crippen molar-refractivity contribution in [1.29, 1.82) is 0 Å². The maximum absolute atomic E-state index is 14.1. The minimum absolute atomic E-state index is 0.0682. The lowest BCUT2D eigenvalue weighted by Gasteiger charge is -2.45. The number of aliphatic hydroxyl groups excluding tert-OH is 2. The van der Waals surface area contributed by atoms with E-state index in [9.17, 15) is 18.6 Å². The predicted molar refractivity (Wildman–Crippen MR) is 166 cm³/mol. The second-order valence-electron chi connectivity index (χ2n) is 11.3. The number of sulfone groups is 1. The Morgan fingerprint density at radius 1 is 0.791 bits per heavy atom. The number of aliphatic hydroxyl groups is 2. The summed E-state index contributed by atoms with van der Waals surface area (Å²) in [5.41, 5.74) is 2.34. The molecule has 4 aromatic rings. The summed E-state index contributed by atoms with van der Waals surface area (Å²) in [7, 11) is -4.11. The van der Waals surface area contributed by atoms with E-state index in [1.165, 1.54) is 12.1 Å². The van der Waals surface area contributed by atoms with Gasteiger partial charge in [-0.1, -0.05) is 123 Å². The Labute approximate surface area is 254 Å². The van der Waals surface area contributed by atoms with Crippen LogP contribution in [0.15, 0.2) is 120 Å². The summed E-state index contributed by atoms with van der Waals surface area (Å²) in [4.78, 5) is 0.0682. The van der Waals surface area contributed by atoms with E-state index in [1.54, 1.807) is 12.1 Å². The van der Waals surface area contributed by atoms with E-state index in [2.05, 4.69) is 5.32 Å². The molecule has 0 unspecified atom stereocenters. The lowest BCUT2D eigenvalue weighted by molar-refractivity contribution is -0.229. The van der Waals surface area contributed by atoms with Crippen LogP contribution in [-0.2, 0) is 24.9 Å². The van der Waals surface area contributed by atoms with Gasteiger partial charge in [0.1, 0.15) is 23.1 Å². The number of aryl methyl sites for hydroxylation is 1. The van der Waals surface area contributed by atoms with E-state index in [-0.39, 0.29) is 17.5 Å². The van der Waals surface area contributed by atoms with E-state index >= 15 is 0 Å². The molecule has 5 rings (SSSR count). The van der Waals surface area contributed by atoms with E-state index in [1.807, 2.05) is 112 Å². The summed E-state index contributed by atoms with van der Waals surface area (Å²) in [6, 6.07) is 34.5. The van der Waals surface area contributed by atoms with Crippen LogP contribution in [-0.4, -0.2) is 61.1 Å². The highest BCUT2D eigenvalue weighted by Gasteiger charge is 2.52. The Kier molecular flexibility index (Phi) is 9.46. The van der Waals surface area contributed by atoms with Gasteiger partial charge in [0.2, 0.25) is 0 Å². The number of hydrogen-bond acceptors (Lipinski definition) is 7. The highest BCUT2D eigenvalue weighted by molar-refractivity contribution is 7.92. The van der Waals surface area contributed by atoms with E-state index < -0.39 is 45.2 Å². The summed E-state index contributed by atoms with van der Waals surface area (Å²) in [5, 5.41) is 24.7. The molecule has 0 aromatic heterocycles. The molecule has 1 fully saturated rings. The maximum atomic E-state index is 14.1. The number of hydrogen-bond donors (Lipinski definition) is 3. The SMILES string of the molecule is Cc1ccc(S(=O)(=O)[C@H]2[C@H](O)[C@@H](COC(c3ccccc3)(c3ccccc3)c3ccccc3)O[C@@H](O)[C@@H]2NC(C)C)cc1. The molecule has 7 nitrogen and oxygen atoms in total. The fourth-order valence-corrected chi connectivity index (χ4v) is 7.84. The number of ether oxygens (including phenoxy) is 2. The van der Waals surface area contributed by atoms with Crippen LogP contribution in [0.5, 0.6) is 0 Å². The summed E-state index contributed by atoms with van der Waals surface area (Å²) in [6.45, 7) is 5.36. The molecule has 0 spiro atoms. The van der Waals surface area contributed by atoms with Crippen molar-refractivity contribution >= 4 is 9.84 Å². The zero-order chi connectivity index (χ0) is 30.6. The Morgan fingerprint density at radius 2 is 1.26 bits per heavy atom. The van der Waals surface area contributed by atoms with E-state index in [0.29, 0.717) is 0 Å². The van der Waals surface area contributed by atoms with Crippen LogP contribution in [0.1, 0.15) is 36.1 Å². The minimum Gasteiger partial charge on any atom is -0.389 e. The molecular weight excluding hydrogens is 562 g/mol. The standard InChI is InChI=1S/C35H39NO6S/c1-24(2)36-31-33(43(39,40)29-21-19-25(3)20-22-29)32(37)30(42-34(31)38)23-41-35(26-13-7-4-8-14-26,27-15-9-5-10-16-27)28-17-11-6-12-18-28/h4-22,24,30-34,36-38H,23H2,1-3H3/t30-,31-,32-,33-,34-/m1/s1. The first-order chi connectivity index (χ1) is 20.6. The van der Waals surface area contributed by atoms with E-state index in [4.69, 9.17) is 9.47 Å². The summed E-state index contributed by atoms with van der Waals surface area (Å²) in [5.74, 6) is 0. The van der Waals surface area contributed by atoms with Crippen molar-refractivity contribution in [2.45, 2.75) is 67.1 Å². The second kappa shape index (κ2) is 13.1. The molecule has 0 aliphatic carbocycles. The van der Waals surface area contributed by atoms with Crippen LogP contribution >= 0.6 is 0 Å². The third kappa shape index (κ3) is 6.31. The molecular formula is C35H39NO6S. The zero-order valence-corrected chi connectivity index (χ0v) is 25.4. The van der Waals surface area contributed by atoms with Crippen molar-refractivity contribution in [2.24, 2.45) is 0 Å². The number of rotatable bonds is 10. The van der Waals surface area contributed by atoms with Crippen LogP contribution in [0.2, 0.25) is 0 Å². The quantitative estimate of drug-likeness (QED) is 0.229. The third-order valence-electron chi connectivity index (χ3n) is 7.93. The van der Waals surface area contributed by atoms with Crippen LogP contribution < -0.4 is 5.32 Å². The highest BCUT2D eigenvalue weighted by Crippen LogP contribution is 2.41. The summed E-state index contributed by atoms with van der Waals surface area (Å²) in [6.07, 6.45) is -4.17. The molecule has 43 heavy (non-hydrogen) atoms. The lowest BCUT2D eigenvalue weighted by atomic mass is 9.80. The van der Waals surface area contributed by atoms with Crippen LogP contribution in [0.3, 0.4) is 0 Å². The molecule has 3 N–H and O–H groups in total. The number of benzene rings is 4.